The number of hydrogen-bond acceptors (Lipinski definition) is 5. The smallest absolute Gasteiger partial charge is 0.387 e. The van der Waals surface area contributed by atoms with Crippen molar-refractivity contribution in [3.63, 3.8) is 0 Å². The van der Waals surface area contributed by atoms with Crippen molar-refractivity contribution in [1.82, 2.24) is 4.31 Å². The van der Waals surface area contributed by atoms with E-state index < -0.39 is 29.9 Å². The van der Waals surface area contributed by atoms with Crippen molar-refractivity contribution < 1.29 is 27.3 Å². The van der Waals surface area contributed by atoms with Gasteiger partial charge in [0.2, 0.25) is 11.5 Å². The molecule has 0 saturated heterocycles. The molecule has 1 unspecified atom stereocenters. The van der Waals surface area contributed by atoms with E-state index in [0.717, 1.165) is 10.4 Å². The van der Waals surface area contributed by atoms with Crippen LogP contribution in [0.5, 0.6) is 5.75 Å². The summed E-state index contributed by atoms with van der Waals surface area (Å²) in [5.41, 5.74) is 0.704. The summed E-state index contributed by atoms with van der Waals surface area (Å²) in [4.78, 5) is 12.6. The van der Waals surface area contributed by atoms with E-state index in [4.69, 9.17) is 11.6 Å². The largest absolute Gasteiger partial charge is 0.566 e. The van der Waals surface area contributed by atoms with Crippen LogP contribution in [0, 0.1) is 5.82 Å². The lowest BCUT2D eigenvalue weighted by molar-refractivity contribution is -0.113. The molecule has 0 spiro atoms. The number of likely N-dealkylation sites (N-methyl/N-ethyl adjacent to an activating group) is 1. The highest BCUT2D eigenvalue weighted by Gasteiger charge is 2.30. The predicted octanol–water partition coefficient (Wildman–Crippen LogP) is 3.92. The third kappa shape index (κ3) is 5.03. The minimum Gasteiger partial charge on any atom is -0.566 e. The van der Waals surface area contributed by atoms with Crippen LogP contribution in [0.3, 0.4) is 0 Å². The third-order valence-electron chi connectivity index (χ3n) is 3.79. The second kappa shape index (κ2) is 8.76. The van der Waals surface area contributed by atoms with E-state index in [9.17, 15) is 22.5 Å². The van der Waals surface area contributed by atoms with E-state index in [-0.39, 0.29) is 27.9 Å². The molecule has 0 fully saturated rings. The van der Waals surface area contributed by atoms with Gasteiger partial charge in [0.05, 0.1) is 12.1 Å². The quantitative estimate of drug-likeness (QED) is 0.711. The zero-order valence-electron chi connectivity index (χ0n) is 14.7. The SMILES string of the molecule is CN1C(C(=O)Nc2ccc(F)c(Cl)c2)=CC(c2cccc(OC(F)F)c2)=N[S+]1[O-]. The van der Waals surface area contributed by atoms with Gasteiger partial charge in [-0.1, -0.05) is 23.7 Å². The van der Waals surface area contributed by atoms with Crippen LogP contribution in [0.1, 0.15) is 5.56 Å². The van der Waals surface area contributed by atoms with Crippen LogP contribution in [0.2, 0.25) is 5.02 Å². The number of nitrogens with one attached hydrogen (secondary N) is 1. The van der Waals surface area contributed by atoms with Gasteiger partial charge in [-0.25, -0.2) is 4.39 Å². The Morgan fingerprint density at radius 3 is 2.76 bits per heavy atom. The van der Waals surface area contributed by atoms with Crippen LogP contribution >= 0.6 is 11.6 Å². The molecule has 0 aromatic heterocycles. The van der Waals surface area contributed by atoms with E-state index >= 15 is 0 Å². The summed E-state index contributed by atoms with van der Waals surface area (Å²) in [6.07, 6.45) is 1.35. The maximum Gasteiger partial charge on any atom is 0.387 e. The summed E-state index contributed by atoms with van der Waals surface area (Å²) in [6.45, 7) is -3.00. The molecule has 3 rings (SSSR count). The summed E-state index contributed by atoms with van der Waals surface area (Å²) in [7, 11) is 1.40. The van der Waals surface area contributed by atoms with Crippen molar-refractivity contribution in [2.75, 3.05) is 12.4 Å². The molecule has 6 nitrogen and oxygen atoms in total. The van der Waals surface area contributed by atoms with E-state index in [1.165, 1.54) is 43.5 Å². The second-order valence-electron chi connectivity index (χ2n) is 5.72. The standard InChI is InChI=1S/C18H13ClF3N3O3S/c1-25-16(17(26)23-11-5-6-14(20)13(19)8-11)9-15(24-29(25)27)10-3-2-4-12(7-10)28-18(21)22/h2-9,18H,1H3,(H,23,26). The van der Waals surface area contributed by atoms with E-state index in [1.54, 1.807) is 6.07 Å². The topological polar surface area (TPSA) is 77.0 Å². The highest BCUT2D eigenvalue weighted by atomic mass is 35.5. The first-order valence-corrected chi connectivity index (χ1v) is 9.46. The molecule has 29 heavy (non-hydrogen) atoms. The van der Waals surface area contributed by atoms with Crippen molar-refractivity contribution in [2.45, 2.75) is 6.61 Å². The molecular weight excluding hydrogens is 431 g/mol. The van der Waals surface area contributed by atoms with Gasteiger partial charge < -0.3 is 14.6 Å². The Hall–Kier alpha value is -2.69. The van der Waals surface area contributed by atoms with Crippen LogP contribution in [0.25, 0.3) is 0 Å². The number of carbonyl (C=O) groups excluding carboxylic acids is 1. The first-order valence-electron chi connectivity index (χ1n) is 8.02. The van der Waals surface area contributed by atoms with Gasteiger partial charge in [0.25, 0.3) is 5.91 Å². The number of anilines is 1. The zero-order chi connectivity index (χ0) is 21.1. The van der Waals surface area contributed by atoms with Crippen molar-refractivity contribution in [2.24, 2.45) is 4.40 Å². The van der Waals surface area contributed by atoms with Gasteiger partial charge >= 0.3 is 6.61 Å². The van der Waals surface area contributed by atoms with Crippen molar-refractivity contribution >= 4 is 40.5 Å². The minimum atomic E-state index is -3.00. The molecule has 1 amide bonds. The second-order valence-corrected chi connectivity index (χ2v) is 7.32. The number of nitrogens with zero attached hydrogens (tertiary/aromatic N) is 2. The number of amides is 1. The van der Waals surface area contributed by atoms with Crippen LogP contribution in [0.15, 0.2) is 58.6 Å². The molecule has 0 aliphatic carbocycles. The van der Waals surface area contributed by atoms with Gasteiger partial charge in [-0.3, -0.25) is 4.79 Å². The van der Waals surface area contributed by atoms with Crippen LogP contribution < -0.4 is 10.1 Å². The first kappa shape index (κ1) is 21.0. The number of carbonyl (C=O) groups is 1. The van der Waals surface area contributed by atoms with Gasteiger partial charge in [0.1, 0.15) is 17.3 Å². The number of ether oxygens (including phenoxy) is 1. The summed E-state index contributed by atoms with van der Waals surface area (Å²) in [5, 5.41) is 2.36. The zero-order valence-corrected chi connectivity index (χ0v) is 16.3. The van der Waals surface area contributed by atoms with Gasteiger partial charge in [0.15, 0.2) is 5.70 Å². The average molecular weight is 444 g/mol. The highest BCUT2D eigenvalue weighted by molar-refractivity contribution is 7.88. The average Bonchev–Trinajstić information content (AvgIpc) is 2.66. The van der Waals surface area contributed by atoms with Crippen molar-refractivity contribution in [3.8, 4) is 5.75 Å². The lowest BCUT2D eigenvalue weighted by Crippen LogP contribution is -2.35. The Bertz CT molecular complexity index is 1000. The Kier molecular flexibility index (Phi) is 6.36. The molecule has 1 N–H and O–H groups in total. The fourth-order valence-electron chi connectivity index (χ4n) is 2.42. The first-order chi connectivity index (χ1) is 13.7. The predicted molar refractivity (Wildman–Crippen MR) is 104 cm³/mol. The summed E-state index contributed by atoms with van der Waals surface area (Å²) in [5.74, 6) is -1.39. The van der Waals surface area contributed by atoms with Gasteiger partial charge in [-0.15, -0.1) is 0 Å². The number of allylic oxidation sites excluding steroid dienone is 1. The van der Waals surface area contributed by atoms with Crippen LogP contribution in [-0.2, 0) is 16.3 Å². The molecule has 1 aliphatic heterocycles. The summed E-state index contributed by atoms with van der Waals surface area (Å²) in [6, 6.07) is 9.28. The summed E-state index contributed by atoms with van der Waals surface area (Å²) >= 11 is 3.77. The maximum atomic E-state index is 13.3. The van der Waals surface area contributed by atoms with Gasteiger partial charge in [-0.2, -0.15) is 13.1 Å². The molecule has 2 aromatic carbocycles. The molecule has 0 saturated carbocycles. The number of alkyl halides is 2. The highest BCUT2D eigenvalue weighted by Crippen LogP contribution is 2.24. The molecule has 1 heterocycles. The number of rotatable bonds is 5. The fraction of sp³-hybridized carbons (Fsp3) is 0.111. The molecule has 152 valence electrons. The molecule has 0 bridgehead atoms. The monoisotopic (exact) mass is 443 g/mol. The lowest BCUT2D eigenvalue weighted by atomic mass is 10.1. The number of benzene rings is 2. The number of halogens is 4. The Morgan fingerprint density at radius 2 is 2.07 bits per heavy atom. The van der Waals surface area contributed by atoms with E-state index in [0.29, 0.717) is 5.56 Å². The minimum absolute atomic E-state index is 0.00559. The maximum absolute atomic E-state index is 13.3. The third-order valence-corrected chi connectivity index (χ3v) is 5.10. The normalized spacial score (nSPS) is 16.4. The van der Waals surface area contributed by atoms with Crippen LogP contribution in [-0.4, -0.2) is 34.1 Å². The fourth-order valence-corrected chi connectivity index (χ4v) is 3.35. The Labute approximate surface area is 172 Å². The molecule has 2 aromatic rings. The summed E-state index contributed by atoms with van der Waals surface area (Å²) < 4.78 is 59.9. The van der Waals surface area contributed by atoms with Crippen LogP contribution in [0.4, 0.5) is 18.9 Å². The molecule has 11 heteroatoms. The molecule has 1 aliphatic rings. The molecule has 1 atom stereocenters. The van der Waals surface area contributed by atoms with E-state index in [2.05, 4.69) is 14.5 Å². The van der Waals surface area contributed by atoms with E-state index in [1.807, 2.05) is 0 Å². The molecule has 0 radical (unpaired) electrons. The Morgan fingerprint density at radius 1 is 1.31 bits per heavy atom. The van der Waals surface area contributed by atoms with Gasteiger partial charge in [0, 0.05) is 17.3 Å². The molecular formula is C18H13ClF3N3O3S. The van der Waals surface area contributed by atoms with Crippen molar-refractivity contribution in [1.29, 1.82) is 0 Å². The van der Waals surface area contributed by atoms with Crippen molar-refractivity contribution in [3.05, 3.63) is 70.6 Å². The van der Waals surface area contributed by atoms with Gasteiger partial charge in [-0.05, 0) is 34.7 Å². The number of hydrogen-bond donors (Lipinski definition) is 1. The lowest BCUT2D eigenvalue weighted by Gasteiger charge is -2.23. The Balaban J connectivity index is 1.88.